The third-order valence-electron chi connectivity index (χ3n) is 5.22. The molecular formula is C25H23FN4O3S. The summed E-state index contributed by atoms with van der Waals surface area (Å²) in [5.74, 6) is -1.37. The highest BCUT2D eigenvalue weighted by Crippen LogP contribution is 2.33. The summed E-state index contributed by atoms with van der Waals surface area (Å²) in [6, 6.07) is 15.1. The minimum absolute atomic E-state index is 0.160. The summed E-state index contributed by atoms with van der Waals surface area (Å²) in [5.41, 5.74) is 9.66. The molecule has 4 aromatic rings. The maximum atomic E-state index is 13.5. The summed E-state index contributed by atoms with van der Waals surface area (Å²) in [6.45, 7) is 3.94. The van der Waals surface area contributed by atoms with Crippen LogP contribution in [0.2, 0.25) is 0 Å². The molecule has 0 saturated heterocycles. The van der Waals surface area contributed by atoms with Gasteiger partial charge in [-0.05, 0) is 60.7 Å². The summed E-state index contributed by atoms with van der Waals surface area (Å²) in [7, 11) is 0. The number of benzene rings is 2. The van der Waals surface area contributed by atoms with Crippen LogP contribution in [0, 0.1) is 12.7 Å². The second kappa shape index (κ2) is 9.88. The molecule has 0 radical (unpaired) electrons. The average Bonchev–Trinajstić information content (AvgIpc) is 3.47. The first-order valence-electron chi connectivity index (χ1n) is 10.6. The summed E-state index contributed by atoms with van der Waals surface area (Å²) in [4.78, 5) is 25.9. The number of carbonyl (C=O) groups excluding carboxylic acids is 2. The summed E-state index contributed by atoms with van der Waals surface area (Å²) in [6.07, 6.45) is 0. The summed E-state index contributed by atoms with van der Waals surface area (Å²) in [5, 5.41) is 9.29. The van der Waals surface area contributed by atoms with E-state index in [2.05, 4.69) is 10.4 Å². The molecule has 3 N–H and O–H groups in total. The lowest BCUT2D eigenvalue weighted by molar-refractivity contribution is 0.0517. The molecule has 0 atom stereocenters. The zero-order chi connectivity index (χ0) is 24.2. The van der Waals surface area contributed by atoms with Crippen LogP contribution >= 0.6 is 11.3 Å². The first-order chi connectivity index (χ1) is 16.4. The van der Waals surface area contributed by atoms with Gasteiger partial charge in [0.15, 0.2) is 5.69 Å². The van der Waals surface area contributed by atoms with Gasteiger partial charge in [-0.2, -0.15) is 5.10 Å². The molecule has 0 saturated carbocycles. The number of aryl methyl sites for hydroxylation is 1. The smallest absolute Gasteiger partial charge is 0.359 e. The van der Waals surface area contributed by atoms with Crippen molar-refractivity contribution in [1.82, 2.24) is 15.1 Å². The highest BCUT2D eigenvalue weighted by Gasteiger charge is 2.25. The molecule has 1 amide bonds. The largest absolute Gasteiger partial charge is 0.461 e. The molecule has 2 aromatic carbocycles. The molecule has 7 nitrogen and oxygen atoms in total. The van der Waals surface area contributed by atoms with Gasteiger partial charge in [-0.25, -0.2) is 13.9 Å². The number of thiophene rings is 1. The van der Waals surface area contributed by atoms with Crippen molar-refractivity contribution in [2.45, 2.75) is 20.4 Å². The Kier molecular flexibility index (Phi) is 6.74. The lowest BCUT2D eigenvalue weighted by atomic mass is 10.1. The van der Waals surface area contributed by atoms with E-state index in [1.807, 2.05) is 29.6 Å². The molecule has 0 unspecified atom stereocenters. The van der Waals surface area contributed by atoms with Crippen molar-refractivity contribution in [3.05, 3.63) is 88.2 Å². The van der Waals surface area contributed by atoms with Crippen LogP contribution in [-0.2, 0) is 11.3 Å². The minimum Gasteiger partial charge on any atom is -0.461 e. The van der Waals surface area contributed by atoms with Crippen LogP contribution in [0.4, 0.5) is 10.1 Å². The van der Waals surface area contributed by atoms with Crippen molar-refractivity contribution in [2.24, 2.45) is 0 Å². The fourth-order valence-corrected chi connectivity index (χ4v) is 4.20. The Morgan fingerprint density at radius 3 is 2.62 bits per heavy atom. The predicted molar refractivity (Wildman–Crippen MR) is 130 cm³/mol. The standard InChI is InChI=1S/C25H23FN4O3S/c1-3-33-25(32)23-21(27)22(20-5-4-12-34-20)29-30(23)18-10-7-16(8-11-18)14-28-24(31)19-13-17(26)9-6-15(19)2/h4-13H,3,14,27H2,1-2H3,(H,28,31). The molecule has 0 aliphatic rings. The Morgan fingerprint density at radius 2 is 1.94 bits per heavy atom. The fourth-order valence-electron chi connectivity index (χ4n) is 3.48. The van der Waals surface area contributed by atoms with E-state index in [9.17, 15) is 14.0 Å². The van der Waals surface area contributed by atoms with E-state index in [4.69, 9.17) is 10.5 Å². The summed E-state index contributed by atoms with van der Waals surface area (Å²) < 4.78 is 20.2. The number of ether oxygens (including phenoxy) is 1. The van der Waals surface area contributed by atoms with E-state index in [1.54, 1.807) is 32.0 Å². The third-order valence-corrected chi connectivity index (χ3v) is 6.10. The Morgan fingerprint density at radius 1 is 1.18 bits per heavy atom. The molecule has 0 fully saturated rings. The van der Waals surface area contributed by atoms with Gasteiger partial charge >= 0.3 is 5.97 Å². The number of esters is 1. The van der Waals surface area contributed by atoms with E-state index in [0.29, 0.717) is 22.5 Å². The maximum Gasteiger partial charge on any atom is 0.359 e. The molecule has 2 heterocycles. The predicted octanol–water partition coefficient (Wildman–Crippen LogP) is 4.74. The highest BCUT2D eigenvalue weighted by atomic mass is 32.1. The topological polar surface area (TPSA) is 99.2 Å². The normalized spacial score (nSPS) is 10.8. The van der Waals surface area contributed by atoms with Crippen LogP contribution in [0.15, 0.2) is 60.0 Å². The summed E-state index contributed by atoms with van der Waals surface area (Å²) >= 11 is 1.47. The molecule has 0 spiro atoms. The van der Waals surface area contributed by atoms with Crippen molar-refractivity contribution in [1.29, 1.82) is 0 Å². The number of halogens is 1. The number of nitrogen functional groups attached to an aromatic ring is 1. The van der Waals surface area contributed by atoms with Crippen molar-refractivity contribution in [3.63, 3.8) is 0 Å². The third kappa shape index (κ3) is 4.69. The number of hydrogen-bond acceptors (Lipinski definition) is 6. The molecule has 0 aliphatic carbocycles. The molecule has 9 heteroatoms. The van der Waals surface area contributed by atoms with Gasteiger partial charge in [-0.3, -0.25) is 4.79 Å². The molecule has 0 aliphatic heterocycles. The van der Waals surface area contributed by atoms with E-state index in [-0.39, 0.29) is 30.4 Å². The minimum atomic E-state index is -0.558. The second-order valence-electron chi connectivity index (χ2n) is 7.53. The lowest BCUT2D eigenvalue weighted by Crippen LogP contribution is -2.23. The number of nitrogens with one attached hydrogen (secondary N) is 1. The van der Waals surface area contributed by atoms with Gasteiger partial charge < -0.3 is 15.8 Å². The zero-order valence-electron chi connectivity index (χ0n) is 18.7. The van der Waals surface area contributed by atoms with Crippen LogP contribution in [0.3, 0.4) is 0 Å². The quantitative estimate of drug-likeness (QED) is 0.374. The van der Waals surface area contributed by atoms with E-state index in [0.717, 1.165) is 10.4 Å². The Bertz CT molecular complexity index is 1330. The van der Waals surface area contributed by atoms with Gasteiger partial charge in [0.1, 0.15) is 11.5 Å². The van der Waals surface area contributed by atoms with Gasteiger partial charge in [0.05, 0.1) is 22.9 Å². The first-order valence-corrected chi connectivity index (χ1v) is 11.5. The van der Waals surface area contributed by atoms with Gasteiger partial charge in [-0.1, -0.05) is 24.3 Å². The van der Waals surface area contributed by atoms with Gasteiger partial charge in [0, 0.05) is 12.1 Å². The number of aromatic nitrogens is 2. The van der Waals surface area contributed by atoms with Crippen LogP contribution in [0.5, 0.6) is 0 Å². The van der Waals surface area contributed by atoms with Gasteiger partial charge in [0.25, 0.3) is 5.91 Å². The number of amides is 1. The fraction of sp³-hybridized carbons (Fsp3) is 0.160. The number of hydrogen-bond donors (Lipinski definition) is 2. The average molecular weight is 479 g/mol. The maximum absolute atomic E-state index is 13.5. The molecule has 34 heavy (non-hydrogen) atoms. The van der Waals surface area contributed by atoms with Crippen LogP contribution < -0.4 is 11.1 Å². The number of nitrogens with two attached hydrogens (primary N) is 1. The van der Waals surface area contributed by atoms with Crippen molar-refractivity contribution >= 4 is 28.9 Å². The molecular weight excluding hydrogens is 455 g/mol. The van der Waals surface area contributed by atoms with E-state index < -0.39 is 11.8 Å². The van der Waals surface area contributed by atoms with E-state index in [1.165, 1.54) is 28.2 Å². The van der Waals surface area contributed by atoms with Crippen LogP contribution in [0.1, 0.15) is 38.9 Å². The van der Waals surface area contributed by atoms with Gasteiger partial charge in [0.2, 0.25) is 0 Å². The lowest BCUT2D eigenvalue weighted by Gasteiger charge is -2.10. The number of anilines is 1. The van der Waals surface area contributed by atoms with Crippen molar-refractivity contribution < 1.29 is 18.7 Å². The SMILES string of the molecule is CCOC(=O)c1c(N)c(-c2cccs2)nn1-c1ccc(CNC(=O)c2cc(F)ccc2C)cc1. The zero-order valence-corrected chi connectivity index (χ0v) is 19.5. The molecule has 0 bridgehead atoms. The number of nitrogens with zero attached hydrogens (tertiary/aromatic N) is 2. The second-order valence-corrected chi connectivity index (χ2v) is 8.48. The Labute approximate surface area is 200 Å². The monoisotopic (exact) mass is 478 g/mol. The van der Waals surface area contributed by atoms with Crippen molar-refractivity contribution in [2.75, 3.05) is 12.3 Å². The van der Waals surface area contributed by atoms with Gasteiger partial charge in [-0.15, -0.1) is 11.3 Å². The first kappa shape index (κ1) is 23.2. The number of rotatable bonds is 7. The molecule has 174 valence electrons. The Hall–Kier alpha value is -3.98. The molecule has 4 rings (SSSR count). The number of carbonyl (C=O) groups is 2. The highest BCUT2D eigenvalue weighted by molar-refractivity contribution is 7.13. The Balaban J connectivity index is 1.57. The van der Waals surface area contributed by atoms with Crippen molar-refractivity contribution in [3.8, 4) is 16.3 Å². The van der Waals surface area contributed by atoms with Crippen LogP contribution in [-0.4, -0.2) is 28.3 Å². The van der Waals surface area contributed by atoms with Crippen LogP contribution in [0.25, 0.3) is 16.3 Å². The molecule has 2 aromatic heterocycles. The van der Waals surface area contributed by atoms with E-state index >= 15 is 0 Å².